The molecular formula is C20H27IN6S. The van der Waals surface area contributed by atoms with Gasteiger partial charge in [-0.15, -0.1) is 35.3 Å². The van der Waals surface area contributed by atoms with Gasteiger partial charge in [0.05, 0.1) is 22.6 Å². The zero-order valence-corrected chi connectivity index (χ0v) is 19.4. The number of benzene rings is 1. The topological polar surface area (TPSA) is 57.5 Å². The standard InChI is InChI=1S/C20H26N6S.HI/c1-21-20(22-14-18-24-16-6-3-4-7-17(16)25(18)2)23-15-9-11-26(12-10-15)19-8-5-13-27-19;/h3-8,13,15H,9-12,14H2,1-2H3,(H2,21,22,23);1H. The van der Waals surface area contributed by atoms with Crippen LogP contribution in [-0.2, 0) is 13.6 Å². The molecule has 0 bridgehead atoms. The van der Waals surface area contributed by atoms with Gasteiger partial charge in [-0.25, -0.2) is 4.98 Å². The predicted molar refractivity (Wildman–Crippen MR) is 129 cm³/mol. The van der Waals surface area contributed by atoms with E-state index in [-0.39, 0.29) is 24.0 Å². The number of piperidine rings is 1. The van der Waals surface area contributed by atoms with Crippen molar-refractivity contribution in [3.63, 3.8) is 0 Å². The van der Waals surface area contributed by atoms with Crippen LogP contribution in [0, 0.1) is 0 Å². The van der Waals surface area contributed by atoms with E-state index in [1.807, 2.05) is 36.6 Å². The molecule has 1 aliphatic rings. The fraction of sp³-hybridized carbons (Fsp3) is 0.400. The van der Waals surface area contributed by atoms with Crippen LogP contribution in [0.3, 0.4) is 0 Å². The molecule has 0 unspecified atom stereocenters. The molecule has 0 spiro atoms. The summed E-state index contributed by atoms with van der Waals surface area (Å²) in [4.78, 5) is 11.6. The van der Waals surface area contributed by atoms with Crippen molar-refractivity contribution < 1.29 is 0 Å². The lowest BCUT2D eigenvalue weighted by molar-refractivity contribution is 0.462. The monoisotopic (exact) mass is 510 g/mol. The van der Waals surface area contributed by atoms with Crippen LogP contribution in [0.4, 0.5) is 5.00 Å². The van der Waals surface area contributed by atoms with Crippen LogP contribution in [0.1, 0.15) is 18.7 Å². The summed E-state index contributed by atoms with van der Waals surface area (Å²) in [5, 5.41) is 10.5. The average Bonchev–Trinajstić information content (AvgIpc) is 3.35. The Hall–Kier alpha value is -1.81. The molecule has 28 heavy (non-hydrogen) atoms. The number of hydrogen-bond acceptors (Lipinski definition) is 4. The lowest BCUT2D eigenvalue weighted by atomic mass is 10.1. The molecule has 2 N–H and O–H groups in total. The van der Waals surface area contributed by atoms with Crippen LogP contribution in [0.15, 0.2) is 46.8 Å². The minimum Gasteiger partial charge on any atom is -0.363 e. The number of rotatable bonds is 4. The van der Waals surface area contributed by atoms with Gasteiger partial charge in [0.1, 0.15) is 5.82 Å². The van der Waals surface area contributed by atoms with Crippen molar-refractivity contribution >= 4 is 57.3 Å². The molecule has 1 aromatic carbocycles. The van der Waals surface area contributed by atoms with Crippen LogP contribution in [-0.4, -0.2) is 41.7 Å². The Morgan fingerprint density at radius 3 is 2.68 bits per heavy atom. The van der Waals surface area contributed by atoms with E-state index in [1.165, 1.54) is 5.00 Å². The summed E-state index contributed by atoms with van der Waals surface area (Å²) in [6.07, 6.45) is 2.23. The number of aryl methyl sites for hydroxylation is 1. The van der Waals surface area contributed by atoms with Gasteiger partial charge in [0.25, 0.3) is 0 Å². The van der Waals surface area contributed by atoms with Crippen LogP contribution >= 0.6 is 35.3 Å². The zero-order chi connectivity index (χ0) is 18.6. The van der Waals surface area contributed by atoms with Crippen molar-refractivity contribution in [3.05, 3.63) is 47.6 Å². The Morgan fingerprint density at radius 2 is 2.00 bits per heavy atom. The van der Waals surface area contributed by atoms with Crippen molar-refractivity contribution in [3.8, 4) is 0 Å². The van der Waals surface area contributed by atoms with Gasteiger partial charge in [-0.2, -0.15) is 0 Å². The van der Waals surface area contributed by atoms with Gasteiger partial charge >= 0.3 is 0 Å². The second kappa shape index (κ2) is 9.60. The second-order valence-electron chi connectivity index (χ2n) is 6.86. The van der Waals surface area contributed by atoms with Crippen LogP contribution in [0.25, 0.3) is 11.0 Å². The molecule has 0 amide bonds. The Labute approximate surface area is 187 Å². The zero-order valence-electron chi connectivity index (χ0n) is 16.3. The number of nitrogens with zero attached hydrogens (tertiary/aromatic N) is 4. The quantitative estimate of drug-likeness (QED) is 0.320. The first-order valence-electron chi connectivity index (χ1n) is 9.40. The van der Waals surface area contributed by atoms with Gasteiger partial charge in [-0.05, 0) is 42.5 Å². The summed E-state index contributed by atoms with van der Waals surface area (Å²) in [6.45, 7) is 2.82. The maximum Gasteiger partial charge on any atom is 0.191 e. The molecule has 6 nitrogen and oxygen atoms in total. The normalized spacial score (nSPS) is 15.5. The van der Waals surface area contributed by atoms with E-state index in [9.17, 15) is 0 Å². The summed E-state index contributed by atoms with van der Waals surface area (Å²) in [5.74, 6) is 1.85. The van der Waals surface area contributed by atoms with Gasteiger partial charge in [-0.1, -0.05) is 12.1 Å². The van der Waals surface area contributed by atoms with Crippen molar-refractivity contribution in [2.45, 2.75) is 25.4 Å². The summed E-state index contributed by atoms with van der Waals surface area (Å²) in [7, 11) is 3.88. The van der Waals surface area contributed by atoms with Crippen molar-refractivity contribution in [2.24, 2.45) is 12.0 Å². The number of guanidine groups is 1. The highest BCUT2D eigenvalue weighted by Crippen LogP contribution is 2.24. The number of imidazole rings is 1. The fourth-order valence-corrected chi connectivity index (χ4v) is 4.38. The second-order valence-corrected chi connectivity index (χ2v) is 7.78. The SMILES string of the molecule is CN=C(NCc1nc2ccccc2n1C)NC1CCN(c2cccs2)CC1.I. The molecule has 1 aliphatic heterocycles. The number of halogens is 1. The molecule has 3 aromatic rings. The molecule has 0 aliphatic carbocycles. The van der Waals surface area contributed by atoms with Crippen LogP contribution in [0.2, 0.25) is 0 Å². The maximum atomic E-state index is 4.72. The number of fused-ring (bicyclic) bond motifs is 1. The number of aromatic nitrogens is 2. The highest BCUT2D eigenvalue weighted by Gasteiger charge is 2.20. The van der Waals surface area contributed by atoms with Gasteiger partial charge in [-0.3, -0.25) is 4.99 Å². The summed E-state index contributed by atoms with van der Waals surface area (Å²) in [5.41, 5.74) is 2.18. The first-order chi connectivity index (χ1) is 13.2. The van der Waals surface area contributed by atoms with Crippen LogP contribution < -0.4 is 15.5 Å². The lowest BCUT2D eigenvalue weighted by Crippen LogP contribution is -2.48. The average molecular weight is 510 g/mol. The number of nitrogens with one attached hydrogen (secondary N) is 2. The molecule has 3 heterocycles. The third-order valence-corrected chi connectivity index (χ3v) is 6.10. The summed E-state index contributed by atoms with van der Waals surface area (Å²) in [6, 6.07) is 13.0. The van der Waals surface area contributed by atoms with E-state index < -0.39 is 0 Å². The molecule has 8 heteroatoms. The Morgan fingerprint density at radius 1 is 1.21 bits per heavy atom. The van der Waals surface area contributed by atoms with Crippen molar-refractivity contribution in [1.82, 2.24) is 20.2 Å². The van der Waals surface area contributed by atoms with Gasteiger partial charge in [0, 0.05) is 33.2 Å². The minimum absolute atomic E-state index is 0. The smallest absolute Gasteiger partial charge is 0.191 e. The number of anilines is 1. The number of aliphatic imine (C=N–C) groups is 1. The van der Waals surface area contributed by atoms with Gasteiger partial charge in [0.15, 0.2) is 5.96 Å². The van der Waals surface area contributed by atoms with Crippen molar-refractivity contribution in [2.75, 3.05) is 25.0 Å². The van der Waals surface area contributed by atoms with Gasteiger partial charge in [0.2, 0.25) is 0 Å². The molecule has 150 valence electrons. The first kappa shape index (κ1) is 20.9. The van der Waals surface area contributed by atoms with E-state index in [0.29, 0.717) is 12.6 Å². The number of hydrogen-bond donors (Lipinski definition) is 2. The molecule has 4 rings (SSSR count). The molecule has 1 fully saturated rings. The minimum atomic E-state index is 0. The Kier molecular flexibility index (Phi) is 7.17. The first-order valence-corrected chi connectivity index (χ1v) is 10.3. The highest BCUT2D eigenvalue weighted by molar-refractivity contribution is 14.0. The molecule has 0 radical (unpaired) electrons. The van der Waals surface area contributed by atoms with Gasteiger partial charge < -0.3 is 20.1 Å². The third-order valence-electron chi connectivity index (χ3n) is 5.17. The van der Waals surface area contributed by atoms with E-state index >= 15 is 0 Å². The van der Waals surface area contributed by atoms with E-state index in [1.54, 1.807) is 0 Å². The molecule has 0 atom stereocenters. The fourth-order valence-electron chi connectivity index (χ4n) is 3.60. The van der Waals surface area contributed by atoms with E-state index in [0.717, 1.165) is 48.7 Å². The number of para-hydroxylation sites is 2. The van der Waals surface area contributed by atoms with E-state index in [4.69, 9.17) is 4.98 Å². The largest absolute Gasteiger partial charge is 0.363 e. The molecule has 1 saturated heterocycles. The third kappa shape index (κ3) is 4.60. The lowest BCUT2D eigenvalue weighted by Gasteiger charge is -2.33. The maximum absolute atomic E-state index is 4.72. The van der Waals surface area contributed by atoms with Crippen molar-refractivity contribution in [1.29, 1.82) is 0 Å². The Bertz CT molecular complexity index is 912. The van der Waals surface area contributed by atoms with E-state index in [2.05, 4.69) is 55.7 Å². The van der Waals surface area contributed by atoms with Crippen LogP contribution in [0.5, 0.6) is 0 Å². The Balaban J connectivity index is 0.00000225. The predicted octanol–water partition coefficient (Wildman–Crippen LogP) is 3.59. The molecular weight excluding hydrogens is 483 g/mol. The number of thiophene rings is 1. The summed E-state index contributed by atoms with van der Waals surface area (Å²) < 4.78 is 2.13. The molecule has 0 saturated carbocycles. The summed E-state index contributed by atoms with van der Waals surface area (Å²) >= 11 is 1.82. The molecule has 2 aromatic heterocycles. The highest BCUT2D eigenvalue weighted by atomic mass is 127.